The molecule has 3 nitrogen and oxygen atoms in total. The maximum atomic E-state index is 6.34. The lowest BCUT2D eigenvalue weighted by Gasteiger charge is -2.42. The quantitative estimate of drug-likeness (QED) is 0.903. The Bertz CT molecular complexity index is 479. The van der Waals surface area contributed by atoms with E-state index in [4.69, 9.17) is 9.47 Å². The lowest BCUT2D eigenvalue weighted by atomic mass is 9.83. The molecular formula is C15H20BrNO2. The van der Waals surface area contributed by atoms with Crippen LogP contribution in [-0.4, -0.2) is 24.9 Å². The zero-order valence-electron chi connectivity index (χ0n) is 11.4. The molecule has 3 atom stereocenters. The van der Waals surface area contributed by atoms with E-state index in [9.17, 15) is 0 Å². The molecule has 104 valence electrons. The largest absolute Gasteiger partial charge is 0.484 e. The van der Waals surface area contributed by atoms with Crippen LogP contribution in [0.2, 0.25) is 0 Å². The van der Waals surface area contributed by atoms with Crippen LogP contribution >= 0.6 is 15.9 Å². The van der Waals surface area contributed by atoms with Crippen molar-refractivity contribution in [3.8, 4) is 5.75 Å². The summed E-state index contributed by atoms with van der Waals surface area (Å²) in [7, 11) is 0. The van der Waals surface area contributed by atoms with Gasteiger partial charge in [0.25, 0.3) is 0 Å². The zero-order valence-corrected chi connectivity index (χ0v) is 13.0. The van der Waals surface area contributed by atoms with Crippen LogP contribution in [0.4, 0.5) is 0 Å². The van der Waals surface area contributed by atoms with Gasteiger partial charge in [0.1, 0.15) is 11.4 Å². The Hall–Kier alpha value is -0.580. The molecule has 2 aliphatic rings. The van der Waals surface area contributed by atoms with Crippen molar-refractivity contribution in [2.75, 3.05) is 13.2 Å². The Labute approximate surface area is 122 Å². The van der Waals surface area contributed by atoms with Gasteiger partial charge in [0.2, 0.25) is 0 Å². The molecule has 1 N–H and O–H groups in total. The number of benzene rings is 1. The maximum absolute atomic E-state index is 6.34. The molecule has 1 fully saturated rings. The third-order valence-corrected chi connectivity index (χ3v) is 4.79. The Balaban J connectivity index is 1.99. The highest BCUT2D eigenvalue weighted by Crippen LogP contribution is 2.46. The lowest BCUT2D eigenvalue weighted by molar-refractivity contribution is -0.0306. The van der Waals surface area contributed by atoms with Gasteiger partial charge in [-0.1, -0.05) is 22.9 Å². The summed E-state index contributed by atoms with van der Waals surface area (Å²) in [5.41, 5.74) is 1.09. The number of ether oxygens (including phenoxy) is 2. The van der Waals surface area contributed by atoms with E-state index in [-0.39, 0.29) is 11.7 Å². The minimum absolute atomic E-state index is 0.158. The second-order valence-electron chi connectivity index (χ2n) is 5.43. The molecule has 0 amide bonds. The van der Waals surface area contributed by atoms with Crippen molar-refractivity contribution in [2.45, 2.75) is 44.4 Å². The molecule has 19 heavy (non-hydrogen) atoms. The number of rotatable bonds is 2. The number of hydrogen-bond donors (Lipinski definition) is 1. The first-order valence-electron chi connectivity index (χ1n) is 6.98. The fourth-order valence-electron chi connectivity index (χ4n) is 3.19. The van der Waals surface area contributed by atoms with E-state index in [2.05, 4.69) is 47.2 Å². The van der Waals surface area contributed by atoms with Gasteiger partial charge in [-0.05, 0) is 31.7 Å². The van der Waals surface area contributed by atoms with E-state index in [1.165, 1.54) is 5.56 Å². The van der Waals surface area contributed by atoms with Crippen LogP contribution in [0.3, 0.4) is 0 Å². The molecule has 0 saturated carbocycles. The van der Waals surface area contributed by atoms with Crippen LogP contribution < -0.4 is 10.1 Å². The molecule has 0 aromatic heterocycles. The van der Waals surface area contributed by atoms with Crippen LogP contribution in [-0.2, 0) is 4.74 Å². The van der Waals surface area contributed by atoms with Crippen molar-refractivity contribution < 1.29 is 9.47 Å². The lowest BCUT2D eigenvalue weighted by Crippen LogP contribution is -2.48. The average molecular weight is 326 g/mol. The van der Waals surface area contributed by atoms with E-state index in [1.54, 1.807) is 0 Å². The molecule has 0 aliphatic carbocycles. The van der Waals surface area contributed by atoms with Gasteiger partial charge >= 0.3 is 0 Å². The van der Waals surface area contributed by atoms with Crippen LogP contribution in [0.5, 0.6) is 5.75 Å². The number of halogens is 1. The Kier molecular flexibility index (Phi) is 3.58. The smallest absolute Gasteiger partial charge is 0.139 e. The molecule has 1 spiro atoms. The second kappa shape index (κ2) is 5.08. The highest BCUT2D eigenvalue weighted by atomic mass is 79.9. The topological polar surface area (TPSA) is 30.5 Å². The summed E-state index contributed by atoms with van der Waals surface area (Å²) in [6.45, 7) is 6.03. The summed E-state index contributed by atoms with van der Waals surface area (Å²) >= 11 is 3.55. The first-order valence-corrected chi connectivity index (χ1v) is 7.77. The minimum atomic E-state index is -0.159. The molecule has 2 heterocycles. The van der Waals surface area contributed by atoms with Gasteiger partial charge in [-0.15, -0.1) is 0 Å². The van der Waals surface area contributed by atoms with Gasteiger partial charge in [-0.2, -0.15) is 0 Å². The molecule has 2 aliphatic heterocycles. The van der Waals surface area contributed by atoms with Crippen LogP contribution in [0.25, 0.3) is 0 Å². The first kappa shape index (κ1) is 13.4. The van der Waals surface area contributed by atoms with Crippen molar-refractivity contribution in [3.05, 3.63) is 28.2 Å². The summed E-state index contributed by atoms with van der Waals surface area (Å²) in [4.78, 5) is 0. The Morgan fingerprint density at radius 1 is 1.47 bits per heavy atom. The molecule has 3 rings (SSSR count). The first-order chi connectivity index (χ1) is 9.14. The van der Waals surface area contributed by atoms with Gasteiger partial charge in [-0.3, -0.25) is 0 Å². The highest BCUT2D eigenvalue weighted by Gasteiger charge is 2.48. The zero-order chi connectivity index (χ0) is 13.5. The van der Waals surface area contributed by atoms with Crippen molar-refractivity contribution in [1.29, 1.82) is 0 Å². The van der Waals surface area contributed by atoms with Gasteiger partial charge in [0, 0.05) is 28.9 Å². The fraction of sp³-hybridized carbons (Fsp3) is 0.600. The summed E-state index contributed by atoms with van der Waals surface area (Å²) in [5, 5.41) is 3.58. The summed E-state index contributed by atoms with van der Waals surface area (Å²) in [6.07, 6.45) is 2.11. The van der Waals surface area contributed by atoms with Crippen molar-refractivity contribution >= 4 is 15.9 Å². The van der Waals surface area contributed by atoms with Gasteiger partial charge in [-0.25, -0.2) is 0 Å². The Morgan fingerprint density at radius 3 is 3.00 bits per heavy atom. The number of nitrogens with one attached hydrogen (secondary N) is 1. The summed E-state index contributed by atoms with van der Waals surface area (Å²) < 4.78 is 13.2. The van der Waals surface area contributed by atoms with E-state index < -0.39 is 0 Å². The SMILES string of the molecule is CCNC1CC2(CCOC2C)Oc2ccc(Br)cc21. The van der Waals surface area contributed by atoms with Crippen LogP contribution in [0.15, 0.2) is 22.7 Å². The third-order valence-electron chi connectivity index (χ3n) is 4.29. The van der Waals surface area contributed by atoms with E-state index in [0.29, 0.717) is 6.04 Å². The third kappa shape index (κ3) is 2.30. The highest BCUT2D eigenvalue weighted by molar-refractivity contribution is 9.10. The van der Waals surface area contributed by atoms with E-state index >= 15 is 0 Å². The van der Waals surface area contributed by atoms with Crippen LogP contribution in [0, 0.1) is 0 Å². The number of hydrogen-bond acceptors (Lipinski definition) is 3. The molecule has 3 unspecified atom stereocenters. The van der Waals surface area contributed by atoms with E-state index in [0.717, 1.165) is 36.2 Å². The van der Waals surface area contributed by atoms with Crippen molar-refractivity contribution in [2.24, 2.45) is 0 Å². The molecular weight excluding hydrogens is 306 g/mol. The second-order valence-corrected chi connectivity index (χ2v) is 6.34. The molecule has 0 radical (unpaired) electrons. The summed E-state index contributed by atoms with van der Waals surface area (Å²) in [6, 6.07) is 6.61. The van der Waals surface area contributed by atoms with Gasteiger partial charge in [0.15, 0.2) is 0 Å². The minimum Gasteiger partial charge on any atom is -0.484 e. The Morgan fingerprint density at radius 2 is 2.32 bits per heavy atom. The number of fused-ring (bicyclic) bond motifs is 1. The molecule has 1 aromatic rings. The average Bonchev–Trinajstić information content (AvgIpc) is 2.72. The predicted molar refractivity (Wildman–Crippen MR) is 78.6 cm³/mol. The molecule has 4 heteroatoms. The van der Waals surface area contributed by atoms with Crippen molar-refractivity contribution in [1.82, 2.24) is 5.32 Å². The van der Waals surface area contributed by atoms with Gasteiger partial charge in [0.05, 0.1) is 12.7 Å². The van der Waals surface area contributed by atoms with Crippen molar-refractivity contribution in [3.63, 3.8) is 0 Å². The monoisotopic (exact) mass is 325 g/mol. The molecule has 1 saturated heterocycles. The normalized spacial score (nSPS) is 33.2. The van der Waals surface area contributed by atoms with Crippen LogP contribution in [0.1, 0.15) is 38.3 Å². The molecule has 0 bridgehead atoms. The predicted octanol–water partition coefficient (Wildman–Crippen LogP) is 3.43. The van der Waals surface area contributed by atoms with E-state index in [1.807, 2.05) is 6.07 Å². The van der Waals surface area contributed by atoms with Gasteiger partial charge < -0.3 is 14.8 Å². The fourth-order valence-corrected chi connectivity index (χ4v) is 3.57. The summed E-state index contributed by atoms with van der Waals surface area (Å²) in [5.74, 6) is 0.998. The maximum Gasteiger partial charge on any atom is 0.139 e. The molecule has 1 aromatic carbocycles. The standard InChI is InChI=1S/C15H20BrNO2/c1-3-17-13-9-15(6-7-18-10(15)2)19-14-5-4-11(16)8-12(13)14/h4-5,8,10,13,17H,3,6-7,9H2,1-2H3.